The molecule has 0 fully saturated rings. The standard InChI is InChI=1S/C24H29N2O6PS/c1-4-30-33(28,31-5-2)17-18-6-11-21(12-7-18)26-23(27)15-10-20-16-25-32-24(20)19-8-13-22(14-9-19)34(3)29/h6-9,11-14,16H,4-5,10,15,17H2,1-3H3,(H,26,27). The van der Waals surface area contributed by atoms with E-state index in [1.54, 1.807) is 62.7 Å². The summed E-state index contributed by atoms with van der Waals surface area (Å²) in [5, 5.41) is 6.74. The zero-order valence-corrected chi connectivity index (χ0v) is 21.2. The van der Waals surface area contributed by atoms with Crippen LogP contribution in [0.5, 0.6) is 0 Å². The monoisotopic (exact) mass is 504 g/mol. The second kappa shape index (κ2) is 12.3. The van der Waals surface area contributed by atoms with Crippen molar-refractivity contribution in [3.63, 3.8) is 0 Å². The van der Waals surface area contributed by atoms with Gasteiger partial charge in [-0.15, -0.1) is 0 Å². The zero-order chi connectivity index (χ0) is 24.6. The van der Waals surface area contributed by atoms with Crippen molar-refractivity contribution in [3.05, 3.63) is 65.9 Å². The fourth-order valence-corrected chi connectivity index (χ4v) is 5.61. The van der Waals surface area contributed by atoms with Crippen LogP contribution in [0.25, 0.3) is 11.3 Å². The Morgan fingerprint density at radius 3 is 2.32 bits per heavy atom. The maximum Gasteiger partial charge on any atom is 0.335 e. The molecule has 0 aliphatic rings. The van der Waals surface area contributed by atoms with E-state index in [9.17, 15) is 13.9 Å². The average Bonchev–Trinajstić information content (AvgIpc) is 3.28. The van der Waals surface area contributed by atoms with Crippen LogP contribution in [0.15, 0.2) is 64.1 Å². The average molecular weight is 505 g/mol. The van der Waals surface area contributed by atoms with Gasteiger partial charge in [-0.2, -0.15) is 0 Å². The van der Waals surface area contributed by atoms with Crippen molar-refractivity contribution in [2.45, 2.75) is 37.7 Å². The molecular weight excluding hydrogens is 475 g/mol. The van der Waals surface area contributed by atoms with Crippen LogP contribution in [0.1, 0.15) is 31.4 Å². The number of hydrogen-bond donors (Lipinski definition) is 1. The number of amides is 1. The van der Waals surface area contributed by atoms with Crippen LogP contribution in [0, 0.1) is 0 Å². The molecule has 3 rings (SSSR count). The van der Waals surface area contributed by atoms with Gasteiger partial charge in [0.05, 0.1) is 25.6 Å². The zero-order valence-electron chi connectivity index (χ0n) is 19.5. The molecule has 1 aromatic heterocycles. The van der Waals surface area contributed by atoms with Crippen molar-refractivity contribution >= 4 is 30.4 Å². The van der Waals surface area contributed by atoms with Crippen molar-refractivity contribution in [2.75, 3.05) is 24.8 Å². The van der Waals surface area contributed by atoms with Crippen LogP contribution < -0.4 is 5.32 Å². The molecule has 2 aromatic carbocycles. The summed E-state index contributed by atoms with van der Waals surface area (Å²) in [6.07, 6.45) is 4.11. The normalized spacial score (nSPS) is 12.5. The van der Waals surface area contributed by atoms with E-state index in [1.807, 2.05) is 12.1 Å². The van der Waals surface area contributed by atoms with Crippen molar-refractivity contribution in [1.82, 2.24) is 5.16 Å². The molecule has 0 radical (unpaired) electrons. The first-order chi connectivity index (χ1) is 16.3. The number of aromatic nitrogens is 1. The Labute approximate surface area is 202 Å². The molecule has 8 nitrogen and oxygen atoms in total. The Morgan fingerprint density at radius 2 is 1.74 bits per heavy atom. The van der Waals surface area contributed by atoms with Gasteiger partial charge in [-0.05, 0) is 73.4 Å². The summed E-state index contributed by atoms with van der Waals surface area (Å²) in [5.41, 5.74) is 3.08. The molecule has 1 heterocycles. The third kappa shape index (κ3) is 7.29. The molecular formula is C24H29N2O6PS. The first-order valence-electron chi connectivity index (χ1n) is 11.0. The third-order valence-electron chi connectivity index (χ3n) is 4.98. The molecule has 1 N–H and O–H groups in total. The molecule has 182 valence electrons. The van der Waals surface area contributed by atoms with Gasteiger partial charge in [0.25, 0.3) is 0 Å². The lowest BCUT2D eigenvalue weighted by Crippen LogP contribution is -2.12. The minimum absolute atomic E-state index is 0.147. The largest absolute Gasteiger partial charge is 0.612 e. The van der Waals surface area contributed by atoms with E-state index in [2.05, 4.69) is 10.5 Å². The number of carbonyl (C=O) groups excluding carboxylic acids is 1. The molecule has 3 aromatic rings. The van der Waals surface area contributed by atoms with E-state index in [1.165, 1.54) is 0 Å². The highest BCUT2D eigenvalue weighted by Crippen LogP contribution is 2.51. The third-order valence-corrected chi connectivity index (χ3v) is 7.97. The lowest BCUT2D eigenvalue weighted by atomic mass is 10.1. The molecule has 0 saturated heterocycles. The summed E-state index contributed by atoms with van der Waals surface area (Å²) in [5.74, 6) is 0.449. The summed E-state index contributed by atoms with van der Waals surface area (Å²) < 4.78 is 40.3. The summed E-state index contributed by atoms with van der Waals surface area (Å²) in [6, 6.07) is 14.4. The van der Waals surface area contributed by atoms with Crippen molar-refractivity contribution in [3.8, 4) is 11.3 Å². The molecule has 34 heavy (non-hydrogen) atoms. The molecule has 1 unspecified atom stereocenters. The molecule has 0 saturated carbocycles. The second-order valence-corrected chi connectivity index (χ2v) is 10.9. The van der Waals surface area contributed by atoms with Gasteiger partial charge in [0.15, 0.2) is 10.7 Å². The number of rotatable bonds is 12. The lowest BCUT2D eigenvalue weighted by Gasteiger charge is -2.17. The fraction of sp³-hybridized carbons (Fsp3) is 0.333. The van der Waals surface area contributed by atoms with Crippen LogP contribution in [0.2, 0.25) is 0 Å². The van der Waals surface area contributed by atoms with Gasteiger partial charge >= 0.3 is 7.60 Å². The molecule has 0 aliphatic heterocycles. The summed E-state index contributed by atoms with van der Waals surface area (Å²) >= 11 is -1.05. The number of anilines is 1. The first-order valence-corrected chi connectivity index (χ1v) is 14.3. The molecule has 1 amide bonds. The molecule has 10 heteroatoms. The van der Waals surface area contributed by atoms with E-state index in [0.717, 1.165) is 21.6 Å². The van der Waals surface area contributed by atoms with E-state index in [0.29, 0.717) is 31.1 Å². The van der Waals surface area contributed by atoms with Gasteiger partial charge in [-0.1, -0.05) is 17.3 Å². The topological polar surface area (TPSA) is 114 Å². The van der Waals surface area contributed by atoms with Crippen LogP contribution in [0.3, 0.4) is 0 Å². The quantitative estimate of drug-likeness (QED) is 0.259. The Kier molecular flexibility index (Phi) is 9.50. The highest BCUT2D eigenvalue weighted by atomic mass is 32.2. The minimum atomic E-state index is -3.18. The highest BCUT2D eigenvalue weighted by Gasteiger charge is 2.24. The Hall–Kier alpha value is -2.42. The molecule has 0 aliphatic carbocycles. The van der Waals surface area contributed by atoms with Gasteiger partial charge in [0.2, 0.25) is 5.91 Å². The summed E-state index contributed by atoms with van der Waals surface area (Å²) in [6.45, 7) is 4.17. The van der Waals surface area contributed by atoms with Gasteiger partial charge < -0.3 is 23.4 Å². The number of hydrogen-bond acceptors (Lipinski definition) is 7. The molecule has 1 atom stereocenters. The summed E-state index contributed by atoms with van der Waals surface area (Å²) in [4.78, 5) is 13.2. The van der Waals surface area contributed by atoms with E-state index >= 15 is 0 Å². The SMILES string of the molecule is CCOP(=O)(Cc1ccc(NC(=O)CCc2cnoc2-c2ccc([S+](C)[O-])cc2)cc1)OCC. The lowest BCUT2D eigenvalue weighted by molar-refractivity contribution is -0.116. The Balaban J connectivity index is 1.56. The summed E-state index contributed by atoms with van der Waals surface area (Å²) in [7, 11) is -3.18. The van der Waals surface area contributed by atoms with Gasteiger partial charge in [-0.3, -0.25) is 9.36 Å². The fourth-order valence-electron chi connectivity index (χ4n) is 3.38. The highest BCUT2D eigenvalue weighted by molar-refractivity contribution is 7.90. The molecule has 0 bridgehead atoms. The van der Waals surface area contributed by atoms with E-state index < -0.39 is 18.8 Å². The van der Waals surface area contributed by atoms with Gasteiger partial charge in [0, 0.05) is 23.2 Å². The number of nitrogens with zero attached hydrogens (tertiary/aromatic N) is 1. The van der Waals surface area contributed by atoms with Crippen LogP contribution >= 0.6 is 7.60 Å². The first kappa shape index (κ1) is 26.2. The van der Waals surface area contributed by atoms with Crippen molar-refractivity contribution in [1.29, 1.82) is 0 Å². The van der Waals surface area contributed by atoms with E-state index in [4.69, 9.17) is 13.6 Å². The predicted octanol–water partition coefficient (Wildman–Crippen LogP) is 5.42. The number of benzene rings is 2. The predicted molar refractivity (Wildman–Crippen MR) is 132 cm³/mol. The number of nitrogens with one attached hydrogen (secondary N) is 1. The van der Waals surface area contributed by atoms with Crippen molar-refractivity contribution < 1.29 is 27.5 Å². The van der Waals surface area contributed by atoms with Gasteiger partial charge in [-0.25, -0.2) is 0 Å². The van der Waals surface area contributed by atoms with Crippen LogP contribution in [0.4, 0.5) is 5.69 Å². The Morgan fingerprint density at radius 1 is 1.09 bits per heavy atom. The van der Waals surface area contributed by atoms with Crippen molar-refractivity contribution in [2.24, 2.45) is 0 Å². The maximum absolute atomic E-state index is 12.7. The van der Waals surface area contributed by atoms with E-state index in [-0.39, 0.29) is 18.5 Å². The number of carbonyl (C=O) groups is 1. The van der Waals surface area contributed by atoms with Crippen LogP contribution in [-0.4, -0.2) is 35.1 Å². The van der Waals surface area contributed by atoms with Crippen LogP contribution in [-0.2, 0) is 42.2 Å². The number of aryl methyl sites for hydroxylation is 1. The molecule has 0 spiro atoms. The minimum Gasteiger partial charge on any atom is -0.612 e. The maximum atomic E-state index is 12.7. The smallest absolute Gasteiger partial charge is 0.335 e. The van der Waals surface area contributed by atoms with Gasteiger partial charge in [0.1, 0.15) is 6.26 Å². The second-order valence-electron chi connectivity index (χ2n) is 7.51. The Bertz CT molecular complexity index is 1110.